The van der Waals surface area contributed by atoms with Gasteiger partial charge in [0, 0.05) is 0 Å². The highest BCUT2D eigenvalue weighted by Gasteiger charge is 2.04. The van der Waals surface area contributed by atoms with Crippen molar-refractivity contribution in [2.45, 2.75) is 19.8 Å². The Kier molecular flexibility index (Phi) is 3.14. The second kappa shape index (κ2) is 4.14. The lowest BCUT2D eigenvalue weighted by Gasteiger charge is -2.06. The molecule has 0 saturated heterocycles. The maximum absolute atomic E-state index is 9.49. The van der Waals surface area contributed by atoms with Crippen LogP contribution in [0.2, 0.25) is 0 Å². The van der Waals surface area contributed by atoms with Crippen molar-refractivity contribution in [3.05, 3.63) is 23.3 Å². The number of phenols is 2. The van der Waals surface area contributed by atoms with E-state index in [1.165, 1.54) is 0 Å². The largest absolute Gasteiger partial charge is 0.508 e. The van der Waals surface area contributed by atoms with E-state index in [1.807, 2.05) is 0 Å². The van der Waals surface area contributed by atoms with E-state index >= 15 is 0 Å². The summed E-state index contributed by atoms with van der Waals surface area (Å²) >= 11 is 0. The molecule has 1 aromatic carbocycles. The van der Waals surface area contributed by atoms with Crippen molar-refractivity contribution in [2.24, 2.45) is 5.73 Å². The van der Waals surface area contributed by atoms with Crippen molar-refractivity contribution < 1.29 is 10.2 Å². The molecule has 0 heterocycles. The smallest absolute Gasteiger partial charge is 0.119 e. The summed E-state index contributed by atoms with van der Waals surface area (Å²) < 4.78 is 0. The monoisotopic (exact) mass is 181 g/mol. The molecule has 4 N–H and O–H groups in total. The highest BCUT2D eigenvalue weighted by Crippen LogP contribution is 2.27. The fourth-order valence-corrected chi connectivity index (χ4v) is 1.22. The Balaban J connectivity index is 2.88. The van der Waals surface area contributed by atoms with Crippen LogP contribution in [0.15, 0.2) is 12.1 Å². The van der Waals surface area contributed by atoms with Crippen molar-refractivity contribution in [2.75, 3.05) is 6.54 Å². The Labute approximate surface area is 77.8 Å². The van der Waals surface area contributed by atoms with Gasteiger partial charge in [0.2, 0.25) is 0 Å². The maximum Gasteiger partial charge on any atom is 0.119 e. The third-order valence-corrected chi connectivity index (χ3v) is 2.05. The molecule has 1 rings (SSSR count). The van der Waals surface area contributed by atoms with Crippen LogP contribution in [0, 0.1) is 6.92 Å². The number of hydrogen-bond acceptors (Lipinski definition) is 3. The molecule has 13 heavy (non-hydrogen) atoms. The summed E-state index contributed by atoms with van der Waals surface area (Å²) in [6.45, 7) is 2.34. The lowest BCUT2D eigenvalue weighted by molar-refractivity contribution is 0.450. The molecule has 0 atom stereocenters. The predicted octanol–water partition coefficient (Wildman–Crippen LogP) is 1.30. The Hall–Kier alpha value is -1.22. The van der Waals surface area contributed by atoms with E-state index in [4.69, 9.17) is 5.73 Å². The van der Waals surface area contributed by atoms with E-state index in [9.17, 15) is 10.2 Å². The predicted molar refractivity (Wildman–Crippen MR) is 51.9 cm³/mol. The Morgan fingerprint density at radius 2 is 1.92 bits per heavy atom. The van der Waals surface area contributed by atoms with Crippen LogP contribution in [0.3, 0.4) is 0 Å². The van der Waals surface area contributed by atoms with Gasteiger partial charge in [-0.1, -0.05) is 0 Å². The fourth-order valence-electron chi connectivity index (χ4n) is 1.22. The minimum Gasteiger partial charge on any atom is -0.508 e. The highest BCUT2D eigenvalue weighted by molar-refractivity contribution is 5.44. The lowest BCUT2D eigenvalue weighted by Crippen LogP contribution is -2.00. The van der Waals surface area contributed by atoms with E-state index in [-0.39, 0.29) is 11.5 Å². The molecule has 0 saturated carbocycles. The molecule has 0 aliphatic carbocycles. The number of aromatic hydroxyl groups is 2. The second-order valence-electron chi connectivity index (χ2n) is 3.16. The Morgan fingerprint density at radius 1 is 1.23 bits per heavy atom. The zero-order chi connectivity index (χ0) is 9.84. The average molecular weight is 181 g/mol. The summed E-state index contributed by atoms with van der Waals surface area (Å²) in [5.41, 5.74) is 6.80. The van der Waals surface area contributed by atoms with Crippen LogP contribution in [-0.4, -0.2) is 16.8 Å². The zero-order valence-electron chi connectivity index (χ0n) is 7.75. The van der Waals surface area contributed by atoms with Crippen LogP contribution in [0.1, 0.15) is 17.5 Å². The minimum absolute atomic E-state index is 0.227. The standard InChI is InChI=1S/C10H15NO2/c1-7-5-10(13)8(3-2-4-11)6-9(7)12/h5-6,12-13H,2-4,11H2,1H3. The van der Waals surface area contributed by atoms with Gasteiger partial charge in [0.25, 0.3) is 0 Å². The number of nitrogens with two attached hydrogens (primary N) is 1. The third kappa shape index (κ3) is 2.36. The SMILES string of the molecule is Cc1cc(O)c(CCCN)cc1O. The average Bonchev–Trinajstić information content (AvgIpc) is 2.09. The quantitative estimate of drug-likeness (QED) is 0.616. The van der Waals surface area contributed by atoms with Crippen LogP contribution < -0.4 is 5.73 Å². The maximum atomic E-state index is 9.49. The van der Waals surface area contributed by atoms with Gasteiger partial charge < -0.3 is 15.9 Å². The Bertz CT molecular complexity index is 297. The molecule has 3 heteroatoms. The van der Waals surface area contributed by atoms with Crippen LogP contribution in [-0.2, 0) is 6.42 Å². The molecule has 0 aliphatic rings. The first-order chi connectivity index (χ1) is 6.15. The van der Waals surface area contributed by atoms with Gasteiger partial charge >= 0.3 is 0 Å². The van der Waals surface area contributed by atoms with Gasteiger partial charge in [0.15, 0.2) is 0 Å². The molecular formula is C10H15NO2. The van der Waals surface area contributed by atoms with Gasteiger partial charge in [-0.15, -0.1) is 0 Å². The van der Waals surface area contributed by atoms with Gasteiger partial charge in [-0.3, -0.25) is 0 Å². The van der Waals surface area contributed by atoms with Crippen LogP contribution >= 0.6 is 0 Å². The third-order valence-electron chi connectivity index (χ3n) is 2.05. The first-order valence-corrected chi connectivity index (χ1v) is 4.36. The molecule has 0 unspecified atom stereocenters. The first-order valence-electron chi connectivity index (χ1n) is 4.36. The summed E-state index contributed by atoms with van der Waals surface area (Å²) in [5.74, 6) is 0.466. The summed E-state index contributed by atoms with van der Waals surface area (Å²) in [7, 11) is 0. The highest BCUT2D eigenvalue weighted by atomic mass is 16.3. The van der Waals surface area contributed by atoms with Crippen molar-refractivity contribution >= 4 is 0 Å². The van der Waals surface area contributed by atoms with E-state index in [0.29, 0.717) is 18.5 Å². The summed E-state index contributed by atoms with van der Waals surface area (Å²) in [5, 5.41) is 18.9. The molecule has 0 aromatic heterocycles. The van der Waals surface area contributed by atoms with Crippen molar-refractivity contribution in [1.29, 1.82) is 0 Å². The lowest BCUT2D eigenvalue weighted by atomic mass is 10.1. The van der Waals surface area contributed by atoms with E-state index < -0.39 is 0 Å². The van der Waals surface area contributed by atoms with Gasteiger partial charge in [-0.2, -0.15) is 0 Å². The number of rotatable bonds is 3. The molecule has 1 aromatic rings. The summed E-state index contributed by atoms with van der Waals surface area (Å²) in [4.78, 5) is 0. The van der Waals surface area contributed by atoms with Crippen molar-refractivity contribution in [3.8, 4) is 11.5 Å². The van der Waals surface area contributed by atoms with E-state index in [1.54, 1.807) is 19.1 Å². The zero-order valence-corrected chi connectivity index (χ0v) is 7.75. The van der Waals surface area contributed by atoms with Gasteiger partial charge in [-0.25, -0.2) is 0 Å². The molecule has 72 valence electrons. The van der Waals surface area contributed by atoms with E-state index in [0.717, 1.165) is 12.0 Å². The summed E-state index contributed by atoms with van der Waals surface area (Å²) in [6, 6.07) is 3.17. The molecule has 0 spiro atoms. The molecule has 0 aliphatic heterocycles. The molecule has 0 radical (unpaired) electrons. The summed E-state index contributed by atoms with van der Waals surface area (Å²) in [6.07, 6.45) is 1.52. The second-order valence-corrected chi connectivity index (χ2v) is 3.16. The number of benzene rings is 1. The van der Waals surface area contributed by atoms with Crippen molar-refractivity contribution in [1.82, 2.24) is 0 Å². The first kappa shape index (κ1) is 9.86. The minimum atomic E-state index is 0.227. The molecule has 0 amide bonds. The normalized spacial score (nSPS) is 10.3. The molecule has 0 bridgehead atoms. The molecular weight excluding hydrogens is 166 g/mol. The number of hydrogen-bond donors (Lipinski definition) is 3. The van der Waals surface area contributed by atoms with E-state index in [2.05, 4.69) is 0 Å². The fraction of sp³-hybridized carbons (Fsp3) is 0.400. The van der Waals surface area contributed by atoms with Crippen molar-refractivity contribution in [3.63, 3.8) is 0 Å². The number of phenolic OH excluding ortho intramolecular Hbond substituents is 2. The van der Waals surface area contributed by atoms with Crippen LogP contribution in [0.4, 0.5) is 0 Å². The van der Waals surface area contributed by atoms with Gasteiger partial charge in [0.05, 0.1) is 0 Å². The molecule has 3 nitrogen and oxygen atoms in total. The topological polar surface area (TPSA) is 66.5 Å². The van der Waals surface area contributed by atoms with Crippen LogP contribution in [0.5, 0.6) is 11.5 Å². The van der Waals surface area contributed by atoms with Crippen LogP contribution in [0.25, 0.3) is 0 Å². The molecule has 0 fully saturated rings. The Morgan fingerprint density at radius 3 is 2.54 bits per heavy atom. The number of aryl methyl sites for hydroxylation is 2. The van der Waals surface area contributed by atoms with Gasteiger partial charge in [0.1, 0.15) is 11.5 Å². The van der Waals surface area contributed by atoms with Gasteiger partial charge in [-0.05, 0) is 49.6 Å².